The van der Waals surface area contributed by atoms with Crippen LogP contribution in [0.15, 0.2) is 0 Å². The Labute approximate surface area is 133 Å². The van der Waals surface area contributed by atoms with Crippen LogP contribution in [0, 0.1) is 0 Å². The van der Waals surface area contributed by atoms with Crippen molar-refractivity contribution >= 4 is 10.1 Å². The molecule has 0 rings (SSSR count). The Kier molecular flexibility index (Phi) is 15.1. The van der Waals surface area contributed by atoms with E-state index < -0.39 is 15.6 Å². The summed E-state index contributed by atoms with van der Waals surface area (Å²) < 4.78 is 43.5. The van der Waals surface area contributed by atoms with Gasteiger partial charge in [-0.15, -0.1) is 0 Å². The molecule has 0 N–H and O–H groups in total. The molecule has 104 valence electrons. The third-order valence-corrected chi connectivity index (χ3v) is 3.71. The molecule has 18 heavy (non-hydrogen) atoms. The van der Waals surface area contributed by atoms with Gasteiger partial charge in [0.05, 0.1) is 0 Å². The Hall–Kier alpha value is 0.840. The minimum absolute atomic E-state index is 0. The zero-order valence-corrected chi connectivity index (χ0v) is 14.5. The topological polar surface area (TPSA) is 57.2 Å². The van der Waals surface area contributed by atoms with E-state index in [9.17, 15) is 17.4 Å². The Bertz CT molecular complexity index is 270. The third kappa shape index (κ3) is 13.3. The van der Waals surface area contributed by atoms with Crippen LogP contribution in [0.2, 0.25) is 0 Å². The molecule has 0 aliphatic heterocycles. The third-order valence-electron chi connectivity index (χ3n) is 2.85. The van der Waals surface area contributed by atoms with Gasteiger partial charge < -0.3 is 4.55 Å². The maximum atomic E-state index is 12.7. The first-order chi connectivity index (χ1) is 7.98. The van der Waals surface area contributed by atoms with Crippen molar-refractivity contribution < 1.29 is 46.9 Å². The van der Waals surface area contributed by atoms with Crippen molar-refractivity contribution in [2.45, 2.75) is 76.6 Å². The quantitative estimate of drug-likeness (QED) is 0.320. The first kappa shape index (κ1) is 21.1. The zero-order chi connectivity index (χ0) is 13.1. The van der Waals surface area contributed by atoms with Crippen molar-refractivity contribution in [3.05, 3.63) is 0 Å². The van der Waals surface area contributed by atoms with E-state index in [1.165, 1.54) is 32.1 Å². The molecule has 0 bridgehead atoms. The van der Waals surface area contributed by atoms with Gasteiger partial charge in [0, 0.05) is 0 Å². The molecular weight excluding hydrogens is 266 g/mol. The predicted molar refractivity (Wildman–Crippen MR) is 66.4 cm³/mol. The number of hydrogen-bond donors (Lipinski definition) is 0. The summed E-state index contributed by atoms with van der Waals surface area (Å²) in [7, 11) is -4.73. The number of alkyl halides is 1. The molecule has 0 aliphatic rings. The van der Waals surface area contributed by atoms with Gasteiger partial charge in [0.2, 0.25) is 0 Å². The Morgan fingerprint density at radius 3 is 1.72 bits per heavy atom. The van der Waals surface area contributed by atoms with Crippen LogP contribution in [0.3, 0.4) is 0 Å². The van der Waals surface area contributed by atoms with Gasteiger partial charge in [-0.05, 0) is 12.8 Å². The van der Waals surface area contributed by atoms with Gasteiger partial charge in [0.15, 0.2) is 5.50 Å². The minimum Gasteiger partial charge on any atom is -0.746 e. The molecule has 0 aromatic carbocycles. The van der Waals surface area contributed by atoms with Crippen molar-refractivity contribution in [2.24, 2.45) is 0 Å². The van der Waals surface area contributed by atoms with E-state index in [1.54, 1.807) is 0 Å². The molecule has 0 amide bonds. The number of rotatable bonds is 11. The van der Waals surface area contributed by atoms with E-state index in [2.05, 4.69) is 6.92 Å². The molecule has 0 heterocycles. The number of unbranched alkanes of at least 4 members (excludes halogenated alkanes) is 8. The van der Waals surface area contributed by atoms with Crippen LogP contribution in [0.1, 0.15) is 71.1 Å². The summed E-state index contributed by atoms with van der Waals surface area (Å²) in [5.74, 6) is 0. The zero-order valence-electron chi connectivity index (χ0n) is 11.7. The van der Waals surface area contributed by atoms with Crippen LogP contribution in [-0.2, 0) is 10.1 Å². The molecule has 1 unspecified atom stereocenters. The van der Waals surface area contributed by atoms with Gasteiger partial charge in [-0.3, -0.25) is 0 Å². The fraction of sp³-hybridized carbons (Fsp3) is 1.00. The van der Waals surface area contributed by atoms with Gasteiger partial charge >= 0.3 is 29.6 Å². The fourth-order valence-corrected chi connectivity index (χ4v) is 2.22. The average molecular weight is 290 g/mol. The van der Waals surface area contributed by atoms with E-state index in [0.717, 1.165) is 19.3 Å². The summed E-state index contributed by atoms with van der Waals surface area (Å²) >= 11 is 0. The van der Waals surface area contributed by atoms with Crippen molar-refractivity contribution in [3.8, 4) is 0 Å². The number of hydrogen-bond acceptors (Lipinski definition) is 3. The summed E-state index contributed by atoms with van der Waals surface area (Å²) in [5.41, 5.74) is -2.22. The molecule has 3 nitrogen and oxygen atoms in total. The van der Waals surface area contributed by atoms with Crippen LogP contribution >= 0.6 is 0 Å². The van der Waals surface area contributed by atoms with Crippen LogP contribution in [0.4, 0.5) is 4.39 Å². The predicted octanol–water partition coefficient (Wildman–Crippen LogP) is 0.752. The molecule has 0 aromatic rings. The summed E-state index contributed by atoms with van der Waals surface area (Å²) in [5, 5.41) is 0. The summed E-state index contributed by atoms with van der Waals surface area (Å²) in [6, 6.07) is 0. The van der Waals surface area contributed by atoms with E-state index >= 15 is 0 Å². The largest absolute Gasteiger partial charge is 1.00 e. The smallest absolute Gasteiger partial charge is 0.746 e. The standard InChI is InChI=1S/C12H25FO3S.Na/c1-2-3-4-5-6-7-8-9-10-11-12(13)17(14,15)16;/h12H,2-11H2,1H3,(H,14,15,16);/q;+1/p-1. The Balaban J connectivity index is 0. The second kappa shape index (κ2) is 12.9. The fourth-order valence-electron chi connectivity index (χ4n) is 1.76. The summed E-state index contributed by atoms with van der Waals surface area (Å²) in [6.07, 6.45) is 9.49. The van der Waals surface area contributed by atoms with E-state index in [1.807, 2.05) is 0 Å². The molecule has 6 heteroatoms. The van der Waals surface area contributed by atoms with Gasteiger partial charge in [-0.25, -0.2) is 12.8 Å². The SMILES string of the molecule is CCCCCCCCCCCC(F)S(=O)(=O)[O-].[Na+]. The van der Waals surface area contributed by atoms with Crippen molar-refractivity contribution in [1.82, 2.24) is 0 Å². The maximum absolute atomic E-state index is 12.7. The van der Waals surface area contributed by atoms with Crippen LogP contribution in [0.25, 0.3) is 0 Å². The summed E-state index contributed by atoms with van der Waals surface area (Å²) in [4.78, 5) is 0. The van der Waals surface area contributed by atoms with Gasteiger partial charge in [0.1, 0.15) is 10.1 Å². The molecule has 0 saturated heterocycles. The first-order valence-corrected chi connectivity index (χ1v) is 8.04. The molecule has 0 saturated carbocycles. The van der Waals surface area contributed by atoms with E-state index in [0.29, 0.717) is 6.42 Å². The van der Waals surface area contributed by atoms with Crippen molar-refractivity contribution in [3.63, 3.8) is 0 Å². The second-order valence-electron chi connectivity index (χ2n) is 4.52. The summed E-state index contributed by atoms with van der Waals surface area (Å²) in [6.45, 7) is 2.18. The number of halogens is 1. The van der Waals surface area contributed by atoms with Crippen LogP contribution < -0.4 is 29.6 Å². The minimum atomic E-state index is -4.73. The van der Waals surface area contributed by atoms with Crippen LogP contribution in [-0.4, -0.2) is 18.5 Å². The molecular formula is C12H24FNaO3S. The maximum Gasteiger partial charge on any atom is 1.00 e. The molecule has 0 aliphatic carbocycles. The van der Waals surface area contributed by atoms with Gasteiger partial charge in [-0.1, -0.05) is 58.3 Å². The van der Waals surface area contributed by atoms with Gasteiger partial charge in [-0.2, -0.15) is 0 Å². The average Bonchev–Trinajstić information content (AvgIpc) is 2.25. The monoisotopic (exact) mass is 290 g/mol. The molecule has 0 fully saturated rings. The first-order valence-electron chi connectivity index (χ1n) is 6.57. The van der Waals surface area contributed by atoms with E-state index in [-0.39, 0.29) is 36.0 Å². The van der Waals surface area contributed by atoms with Crippen molar-refractivity contribution in [1.29, 1.82) is 0 Å². The molecule has 0 spiro atoms. The molecule has 0 aromatic heterocycles. The van der Waals surface area contributed by atoms with Crippen molar-refractivity contribution in [2.75, 3.05) is 0 Å². The molecule has 1 atom stereocenters. The Morgan fingerprint density at radius 1 is 0.944 bits per heavy atom. The Morgan fingerprint density at radius 2 is 1.33 bits per heavy atom. The second-order valence-corrected chi connectivity index (χ2v) is 6.02. The normalized spacial score (nSPS) is 13.1. The van der Waals surface area contributed by atoms with Crippen LogP contribution in [0.5, 0.6) is 0 Å². The van der Waals surface area contributed by atoms with Gasteiger partial charge in [0.25, 0.3) is 0 Å². The van der Waals surface area contributed by atoms with E-state index in [4.69, 9.17) is 0 Å². The molecule has 0 radical (unpaired) electrons.